The average molecular weight is 269 g/mol. The van der Waals surface area contributed by atoms with E-state index in [1.54, 1.807) is 23.9 Å². The Kier molecular flexibility index (Phi) is 5.62. The molecule has 1 aromatic rings. The van der Waals surface area contributed by atoms with Crippen LogP contribution in [0, 0.1) is 10.1 Å². The molecule has 0 radical (unpaired) electrons. The van der Waals surface area contributed by atoms with Crippen molar-refractivity contribution in [2.45, 2.75) is 38.0 Å². The lowest BCUT2D eigenvalue weighted by Gasteiger charge is -2.24. The van der Waals surface area contributed by atoms with Gasteiger partial charge >= 0.3 is 0 Å². The Labute approximate surface area is 112 Å². The van der Waals surface area contributed by atoms with Crippen molar-refractivity contribution in [1.82, 2.24) is 0 Å². The molecule has 1 rings (SSSR count). The van der Waals surface area contributed by atoms with Gasteiger partial charge in [-0.25, -0.2) is 0 Å². The highest BCUT2D eigenvalue weighted by Crippen LogP contribution is 2.24. The summed E-state index contributed by atoms with van der Waals surface area (Å²) in [7, 11) is 0. The van der Waals surface area contributed by atoms with Crippen LogP contribution in [0.2, 0.25) is 0 Å². The second kappa shape index (κ2) is 6.75. The van der Waals surface area contributed by atoms with E-state index in [-0.39, 0.29) is 5.69 Å². The highest BCUT2D eigenvalue weighted by Gasteiger charge is 2.21. The number of hydrogen-bond acceptors (Lipinski definition) is 4. The Bertz CT molecular complexity index is 388. The average Bonchev–Trinajstić information content (AvgIpc) is 2.39. The van der Waals surface area contributed by atoms with Gasteiger partial charge in [-0.3, -0.25) is 10.1 Å². The number of aliphatic hydroxyl groups is 1. The molecule has 1 N–H and O–H groups in total. The number of thioether (sulfide) groups is 1. The van der Waals surface area contributed by atoms with E-state index in [2.05, 4.69) is 0 Å². The van der Waals surface area contributed by atoms with Crippen molar-refractivity contribution >= 4 is 17.4 Å². The largest absolute Gasteiger partial charge is 0.389 e. The minimum absolute atomic E-state index is 0.113. The first-order valence-corrected chi connectivity index (χ1v) is 7.19. The third kappa shape index (κ3) is 4.31. The lowest BCUT2D eigenvalue weighted by molar-refractivity contribution is -0.384. The Morgan fingerprint density at radius 2 is 1.83 bits per heavy atom. The van der Waals surface area contributed by atoms with Crippen molar-refractivity contribution in [2.75, 3.05) is 5.75 Å². The van der Waals surface area contributed by atoms with Gasteiger partial charge in [0.2, 0.25) is 0 Å². The van der Waals surface area contributed by atoms with E-state index >= 15 is 0 Å². The van der Waals surface area contributed by atoms with Crippen LogP contribution in [-0.2, 0) is 5.75 Å². The molecule has 0 aromatic heterocycles. The first-order chi connectivity index (χ1) is 8.50. The molecule has 0 atom stereocenters. The Morgan fingerprint density at radius 3 is 2.28 bits per heavy atom. The lowest BCUT2D eigenvalue weighted by atomic mass is 10.0. The van der Waals surface area contributed by atoms with Crippen molar-refractivity contribution in [1.29, 1.82) is 0 Å². The first-order valence-electron chi connectivity index (χ1n) is 6.04. The van der Waals surface area contributed by atoms with Crippen LogP contribution in [0.3, 0.4) is 0 Å². The van der Waals surface area contributed by atoms with Gasteiger partial charge in [0.1, 0.15) is 0 Å². The fraction of sp³-hybridized carbons (Fsp3) is 0.538. The zero-order valence-electron chi connectivity index (χ0n) is 10.8. The van der Waals surface area contributed by atoms with Crippen LogP contribution in [0.15, 0.2) is 24.3 Å². The zero-order valence-corrected chi connectivity index (χ0v) is 11.6. The monoisotopic (exact) mass is 269 g/mol. The molecule has 0 saturated heterocycles. The highest BCUT2D eigenvalue weighted by atomic mass is 32.2. The maximum absolute atomic E-state index is 10.5. The van der Waals surface area contributed by atoms with E-state index < -0.39 is 10.5 Å². The molecule has 0 aliphatic heterocycles. The predicted octanol–water partition coefficient (Wildman–Crippen LogP) is 3.38. The number of hydrogen-bond donors (Lipinski definition) is 1. The van der Waals surface area contributed by atoms with E-state index in [0.29, 0.717) is 5.75 Å². The molecule has 0 fully saturated rings. The highest BCUT2D eigenvalue weighted by molar-refractivity contribution is 7.98. The van der Waals surface area contributed by atoms with Crippen LogP contribution >= 0.6 is 11.8 Å². The molecular weight excluding hydrogens is 250 g/mol. The standard InChI is InChI=1S/C13H19NO3S/c1-3-13(15,4-2)10-18-9-11-5-7-12(8-6-11)14(16)17/h5-8,15H,3-4,9-10H2,1-2H3. The molecule has 0 bridgehead atoms. The van der Waals surface area contributed by atoms with Crippen LogP contribution in [0.5, 0.6) is 0 Å². The summed E-state index contributed by atoms with van der Waals surface area (Å²) < 4.78 is 0. The summed E-state index contributed by atoms with van der Waals surface area (Å²) in [5, 5.41) is 20.6. The summed E-state index contributed by atoms with van der Waals surface area (Å²) in [6, 6.07) is 6.56. The van der Waals surface area contributed by atoms with Gasteiger partial charge in [0.25, 0.3) is 5.69 Å². The quantitative estimate of drug-likeness (QED) is 0.609. The zero-order chi connectivity index (χ0) is 13.6. The summed E-state index contributed by atoms with van der Waals surface area (Å²) in [5.41, 5.74) is 0.563. The molecule has 0 aliphatic rings. The minimum Gasteiger partial charge on any atom is -0.389 e. The van der Waals surface area contributed by atoms with Crippen LogP contribution < -0.4 is 0 Å². The molecule has 0 spiro atoms. The molecule has 0 saturated carbocycles. The third-order valence-electron chi connectivity index (χ3n) is 3.10. The lowest BCUT2D eigenvalue weighted by Crippen LogP contribution is -2.29. The molecule has 0 unspecified atom stereocenters. The van der Waals surface area contributed by atoms with Gasteiger partial charge in [0.15, 0.2) is 0 Å². The van der Waals surface area contributed by atoms with Gasteiger partial charge in [0.05, 0.1) is 10.5 Å². The minimum atomic E-state index is -0.592. The molecule has 18 heavy (non-hydrogen) atoms. The van der Waals surface area contributed by atoms with Crippen molar-refractivity contribution < 1.29 is 10.0 Å². The first kappa shape index (κ1) is 15.0. The third-order valence-corrected chi connectivity index (χ3v) is 4.38. The van der Waals surface area contributed by atoms with Crippen LogP contribution in [0.1, 0.15) is 32.3 Å². The van der Waals surface area contributed by atoms with E-state index in [9.17, 15) is 15.2 Å². The van der Waals surface area contributed by atoms with Crippen molar-refractivity contribution in [2.24, 2.45) is 0 Å². The fourth-order valence-corrected chi connectivity index (χ4v) is 2.85. The second-order valence-electron chi connectivity index (χ2n) is 4.35. The van der Waals surface area contributed by atoms with Crippen LogP contribution in [0.4, 0.5) is 5.69 Å². The Balaban J connectivity index is 2.47. The molecule has 0 heterocycles. The Hall–Kier alpha value is -1.07. The van der Waals surface area contributed by atoms with E-state index in [1.165, 1.54) is 12.1 Å². The van der Waals surface area contributed by atoms with Gasteiger partial charge in [-0.2, -0.15) is 11.8 Å². The molecule has 0 amide bonds. The van der Waals surface area contributed by atoms with Gasteiger partial charge in [-0.05, 0) is 18.4 Å². The van der Waals surface area contributed by atoms with Crippen molar-refractivity contribution in [3.05, 3.63) is 39.9 Å². The van der Waals surface area contributed by atoms with Gasteiger partial charge in [0, 0.05) is 23.6 Å². The summed E-state index contributed by atoms with van der Waals surface area (Å²) in [6.07, 6.45) is 1.49. The Morgan fingerprint density at radius 1 is 1.28 bits per heavy atom. The second-order valence-corrected chi connectivity index (χ2v) is 5.33. The van der Waals surface area contributed by atoms with Crippen molar-refractivity contribution in [3.63, 3.8) is 0 Å². The summed E-state index contributed by atoms with van der Waals surface area (Å²) in [6.45, 7) is 3.96. The summed E-state index contributed by atoms with van der Waals surface area (Å²) in [4.78, 5) is 10.1. The SMILES string of the molecule is CCC(O)(CC)CSCc1ccc([N+](=O)[O-])cc1. The normalized spacial score (nSPS) is 11.5. The van der Waals surface area contributed by atoms with E-state index in [4.69, 9.17) is 0 Å². The smallest absolute Gasteiger partial charge is 0.269 e. The number of nitro groups is 1. The number of benzene rings is 1. The van der Waals surface area contributed by atoms with Gasteiger partial charge in [-0.1, -0.05) is 26.0 Å². The topological polar surface area (TPSA) is 63.4 Å². The number of nitro benzene ring substituents is 1. The molecule has 1 aromatic carbocycles. The van der Waals surface area contributed by atoms with Gasteiger partial charge < -0.3 is 5.11 Å². The number of rotatable bonds is 7. The molecule has 0 aliphatic carbocycles. The summed E-state index contributed by atoms with van der Waals surface area (Å²) in [5.74, 6) is 1.46. The van der Waals surface area contributed by atoms with Gasteiger partial charge in [-0.15, -0.1) is 0 Å². The molecule has 4 nitrogen and oxygen atoms in total. The summed E-state index contributed by atoms with van der Waals surface area (Å²) >= 11 is 1.66. The molecule has 100 valence electrons. The predicted molar refractivity (Wildman–Crippen MR) is 74.8 cm³/mol. The maximum Gasteiger partial charge on any atom is 0.269 e. The van der Waals surface area contributed by atoms with Crippen LogP contribution in [-0.4, -0.2) is 21.4 Å². The van der Waals surface area contributed by atoms with E-state index in [1.807, 2.05) is 13.8 Å². The molecular formula is C13H19NO3S. The van der Waals surface area contributed by atoms with Crippen LogP contribution in [0.25, 0.3) is 0 Å². The number of nitrogens with zero attached hydrogens (tertiary/aromatic N) is 1. The fourth-order valence-electron chi connectivity index (χ4n) is 1.53. The van der Waals surface area contributed by atoms with E-state index in [0.717, 1.165) is 24.2 Å². The molecule has 5 heteroatoms. The maximum atomic E-state index is 10.5. The number of non-ortho nitro benzene ring substituents is 1. The van der Waals surface area contributed by atoms with Crippen molar-refractivity contribution in [3.8, 4) is 0 Å².